The first-order chi connectivity index (χ1) is 11.5. The second-order valence-electron chi connectivity index (χ2n) is 6.38. The third-order valence-electron chi connectivity index (χ3n) is 4.56. The van der Waals surface area contributed by atoms with Gasteiger partial charge >= 0.3 is 5.97 Å². The van der Waals surface area contributed by atoms with Crippen molar-refractivity contribution in [2.75, 3.05) is 0 Å². The van der Waals surface area contributed by atoms with Gasteiger partial charge in [-0.25, -0.2) is 0 Å². The van der Waals surface area contributed by atoms with E-state index in [1.165, 1.54) is 0 Å². The molecule has 1 amide bonds. The zero-order chi connectivity index (χ0) is 17.3. The summed E-state index contributed by atoms with van der Waals surface area (Å²) in [5, 5.41) is 13.8. The average molecular weight is 327 g/mol. The summed E-state index contributed by atoms with van der Waals surface area (Å²) in [5.41, 5.74) is 2.91. The highest BCUT2D eigenvalue weighted by molar-refractivity contribution is 5.81. The van der Waals surface area contributed by atoms with Gasteiger partial charge in [0.1, 0.15) is 0 Å². The fraction of sp³-hybridized carbons (Fsp3) is 0.389. The highest BCUT2D eigenvalue weighted by atomic mass is 16.4. The quantitative estimate of drug-likeness (QED) is 0.935. The number of carbonyl (C=O) groups is 2. The molecule has 24 heavy (non-hydrogen) atoms. The van der Waals surface area contributed by atoms with Crippen LogP contribution in [0.4, 0.5) is 0 Å². The summed E-state index contributed by atoms with van der Waals surface area (Å²) in [6, 6.07) is 7.47. The van der Waals surface area contributed by atoms with Crippen LogP contribution in [-0.4, -0.2) is 31.7 Å². The zero-order valence-corrected chi connectivity index (χ0v) is 13.8. The molecule has 0 aliphatic carbocycles. The lowest BCUT2D eigenvalue weighted by atomic mass is 9.85. The number of aryl methyl sites for hydroxylation is 2. The van der Waals surface area contributed by atoms with E-state index in [0.717, 1.165) is 16.7 Å². The number of piperidine rings is 1. The summed E-state index contributed by atoms with van der Waals surface area (Å²) >= 11 is 0. The molecule has 2 atom stereocenters. The SMILES string of the molecule is Cc1ccc(CN2C(=O)CC[C@H](C(=O)O)[C@H]2c2cnn(C)c2)cc1. The molecule has 1 N–H and O–H groups in total. The Kier molecular flexibility index (Phi) is 4.38. The van der Waals surface area contributed by atoms with Gasteiger partial charge in [0, 0.05) is 31.8 Å². The molecule has 1 aromatic heterocycles. The number of rotatable bonds is 4. The Labute approximate surface area is 140 Å². The molecule has 6 nitrogen and oxygen atoms in total. The van der Waals surface area contributed by atoms with Crippen molar-refractivity contribution >= 4 is 11.9 Å². The van der Waals surface area contributed by atoms with Crippen LogP contribution >= 0.6 is 0 Å². The molecular weight excluding hydrogens is 306 g/mol. The van der Waals surface area contributed by atoms with Gasteiger partial charge in [0.15, 0.2) is 0 Å². The molecule has 1 saturated heterocycles. The fourth-order valence-electron chi connectivity index (χ4n) is 3.29. The van der Waals surface area contributed by atoms with Crippen LogP contribution < -0.4 is 0 Å². The zero-order valence-electron chi connectivity index (χ0n) is 13.8. The summed E-state index contributed by atoms with van der Waals surface area (Å²) in [6.07, 6.45) is 4.07. The molecule has 1 aliphatic rings. The smallest absolute Gasteiger partial charge is 0.308 e. The number of aromatic nitrogens is 2. The van der Waals surface area contributed by atoms with Gasteiger partial charge in [-0.1, -0.05) is 29.8 Å². The van der Waals surface area contributed by atoms with Crippen LogP contribution in [0.2, 0.25) is 0 Å². The van der Waals surface area contributed by atoms with Crippen molar-refractivity contribution in [1.29, 1.82) is 0 Å². The average Bonchev–Trinajstić information content (AvgIpc) is 2.97. The van der Waals surface area contributed by atoms with Crippen molar-refractivity contribution in [3.8, 4) is 0 Å². The predicted molar refractivity (Wildman–Crippen MR) is 88.0 cm³/mol. The first kappa shape index (κ1) is 16.2. The topological polar surface area (TPSA) is 75.4 Å². The molecule has 0 saturated carbocycles. The van der Waals surface area contributed by atoms with Crippen LogP contribution in [0.5, 0.6) is 0 Å². The van der Waals surface area contributed by atoms with Gasteiger partial charge in [-0.3, -0.25) is 14.3 Å². The summed E-state index contributed by atoms with van der Waals surface area (Å²) in [7, 11) is 1.79. The number of carboxylic acids is 1. The van der Waals surface area contributed by atoms with E-state index in [0.29, 0.717) is 13.0 Å². The lowest BCUT2D eigenvalue weighted by Crippen LogP contribution is -2.44. The first-order valence-corrected chi connectivity index (χ1v) is 8.02. The number of aliphatic carboxylic acids is 1. The van der Waals surface area contributed by atoms with Crippen LogP contribution in [-0.2, 0) is 23.2 Å². The van der Waals surface area contributed by atoms with Crippen molar-refractivity contribution in [1.82, 2.24) is 14.7 Å². The molecule has 0 unspecified atom stereocenters. The maximum Gasteiger partial charge on any atom is 0.308 e. The number of hydrogen-bond donors (Lipinski definition) is 1. The summed E-state index contributed by atoms with van der Waals surface area (Å²) in [6.45, 7) is 2.41. The number of carboxylic acid groups (broad SMARTS) is 1. The molecule has 2 aromatic rings. The van der Waals surface area contributed by atoms with Crippen molar-refractivity contribution in [2.45, 2.75) is 32.4 Å². The van der Waals surface area contributed by atoms with E-state index in [-0.39, 0.29) is 12.3 Å². The highest BCUT2D eigenvalue weighted by Crippen LogP contribution is 2.37. The number of likely N-dealkylation sites (tertiary alicyclic amines) is 1. The molecule has 1 fully saturated rings. The standard InChI is InChI=1S/C18H21N3O3/c1-12-3-5-13(6-4-12)10-21-16(22)8-7-15(18(23)24)17(21)14-9-19-20(2)11-14/h3-6,9,11,15,17H,7-8,10H2,1-2H3,(H,23,24)/t15-,17+/m0/s1. The van der Waals surface area contributed by atoms with Crippen molar-refractivity contribution in [2.24, 2.45) is 13.0 Å². The van der Waals surface area contributed by atoms with Gasteiger partial charge in [-0.15, -0.1) is 0 Å². The van der Waals surface area contributed by atoms with E-state index >= 15 is 0 Å². The van der Waals surface area contributed by atoms with Gasteiger partial charge < -0.3 is 10.0 Å². The number of hydrogen-bond acceptors (Lipinski definition) is 3. The summed E-state index contributed by atoms with van der Waals surface area (Å²) in [5.74, 6) is -1.50. The second-order valence-corrected chi connectivity index (χ2v) is 6.38. The molecule has 0 bridgehead atoms. The molecule has 3 rings (SSSR count). The van der Waals surface area contributed by atoms with Crippen molar-refractivity contribution < 1.29 is 14.7 Å². The molecular formula is C18H21N3O3. The van der Waals surface area contributed by atoms with Gasteiger partial charge in [-0.05, 0) is 18.9 Å². The maximum absolute atomic E-state index is 12.5. The highest BCUT2D eigenvalue weighted by Gasteiger charge is 2.41. The second kappa shape index (κ2) is 6.47. The van der Waals surface area contributed by atoms with E-state index in [9.17, 15) is 14.7 Å². The third-order valence-corrected chi connectivity index (χ3v) is 4.56. The molecule has 1 aromatic carbocycles. The largest absolute Gasteiger partial charge is 0.481 e. The minimum Gasteiger partial charge on any atom is -0.481 e. The van der Waals surface area contributed by atoms with Crippen molar-refractivity contribution in [3.05, 3.63) is 53.3 Å². The third kappa shape index (κ3) is 3.18. The number of amides is 1. The normalized spacial score (nSPS) is 21.1. The van der Waals surface area contributed by atoms with Crippen LogP contribution in [0.1, 0.15) is 35.6 Å². The van der Waals surface area contributed by atoms with E-state index in [4.69, 9.17) is 0 Å². The predicted octanol–water partition coefficient (Wildman–Crippen LogP) is 2.29. The number of nitrogens with zero attached hydrogens (tertiary/aromatic N) is 3. The van der Waals surface area contributed by atoms with Crippen LogP contribution in [0.15, 0.2) is 36.7 Å². The van der Waals surface area contributed by atoms with Gasteiger partial charge in [0.05, 0.1) is 18.2 Å². The molecule has 0 radical (unpaired) electrons. The Morgan fingerprint density at radius 1 is 1.33 bits per heavy atom. The van der Waals surface area contributed by atoms with Gasteiger partial charge in [0.25, 0.3) is 0 Å². The molecule has 126 valence electrons. The Balaban J connectivity index is 1.96. The lowest BCUT2D eigenvalue weighted by Gasteiger charge is -2.39. The molecule has 1 aliphatic heterocycles. The minimum atomic E-state index is -0.870. The molecule has 2 heterocycles. The molecule has 6 heteroatoms. The lowest BCUT2D eigenvalue weighted by molar-refractivity contribution is -0.152. The number of benzene rings is 1. The summed E-state index contributed by atoms with van der Waals surface area (Å²) in [4.78, 5) is 25.9. The summed E-state index contributed by atoms with van der Waals surface area (Å²) < 4.78 is 1.64. The van der Waals surface area contributed by atoms with E-state index < -0.39 is 17.9 Å². The van der Waals surface area contributed by atoms with Crippen LogP contribution in [0, 0.1) is 12.8 Å². The Bertz CT molecular complexity index is 751. The Hall–Kier alpha value is -2.63. The number of carbonyl (C=O) groups excluding carboxylic acids is 1. The van der Waals surface area contributed by atoms with E-state index in [1.54, 1.807) is 29.0 Å². The Morgan fingerprint density at radius 3 is 2.62 bits per heavy atom. The first-order valence-electron chi connectivity index (χ1n) is 8.02. The van der Waals surface area contributed by atoms with Crippen molar-refractivity contribution in [3.63, 3.8) is 0 Å². The van der Waals surface area contributed by atoms with Gasteiger partial charge in [-0.2, -0.15) is 5.10 Å². The minimum absolute atomic E-state index is 0.0121. The monoisotopic (exact) mass is 327 g/mol. The Morgan fingerprint density at radius 2 is 2.04 bits per heavy atom. The van der Waals surface area contributed by atoms with E-state index in [1.807, 2.05) is 31.2 Å². The van der Waals surface area contributed by atoms with Gasteiger partial charge in [0.2, 0.25) is 5.91 Å². The fourth-order valence-corrected chi connectivity index (χ4v) is 3.29. The van der Waals surface area contributed by atoms with Crippen LogP contribution in [0.3, 0.4) is 0 Å². The maximum atomic E-state index is 12.5. The van der Waals surface area contributed by atoms with E-state index in [2.05, 4.69) is 5.10 Å². The van der Waals surface area contributed by atoms with Crippen LogP contribution in [0.25, 0.3) is 0 Å². The molecule has 0 spiro atoms.